The van der Waals surface area contributed by atoms with Crippen LogP contribution in [0.3, 0.4) is 0 Å². The predicted molar refractivity (Wildman–Crippen MR) is 72.7 cm³/mol. The first-order valence-corrected chi connectivity index (χ1v) is 6.84. The van der Waals surface area contributed by atoms with Crippen LogP contribution < -0.4 is 5.32 Å². The van der Waals surface area contributed by atoms with Crippen LogP contribution in [0.1, 0.15) is 10.4 Å². The Morgan fingerprint density at radius 2 is 2.15 bits per heavy atom. The van der Waals surface area contributed by atoms with Crippen LogP contribution in [0.25, 0.3) is 0 Å². The molecule has 0 aliphatic carbocycles. The fraction of sp³-hybridized carbons (Fsp3) is 0.250. The Balaban J connectivity index is 2.05. The third kappa shape index (κ3) is 3.21. The van der Waals surface area contributed by atoms with Gasteiger partial charge >= 0.3 is 5.97 Å². The summed E-state index contributed by atoms with van der Waals surface area (Å²) in [5.74, 6) is -1.19. The maximum atomic E-state index is 11.8. The minimum absolute atomic E-state index is 0.00852. The minimum atomic E-state index is -1.16. The van der Waals surface area contributed by atoms with Gasteiger partial charge in [0, 0.05) is 0 Å². The number of anilines is 1. The molecule has 0 atom stereocenters. The van der Waals surface area contributed by atoms with Crippen LogP contribution in [0, 0.1) is 0 Å². The molecule has 1 aliphatic heterocycles. The lowest BCUT2D eigenvalue weighted by molar-refractivity contribution is -0.130. The molecule has 0 saturated carbocycles. The number of carbonyl (C=O) groups is 3. The van der Waals surface area contributed by atoms with Gasteiger partial charge in [-0.1, -0.05) is 0 Å². The van der Waals surface area contributed by atoms with Crippen molar-refractivity contribution in [2.45, 2.75) is 0 Å². The zero-order valence-electron chi connectivity index (χ0n) is 10.3. The standard InChI is InChI=1S/C12H12N2O5S/c15-9-2-1-7(12(18)19)3-8(9)13-10(16)4-14-6-20-5-11(14)17/h1-3,15H,4-6H2,(H,13,16)(H,18,19). The lowest BCUT2D eigenvalue weighted by Crippen LogP contribution is -2.34. The quantitative estimate of drug-likeness (QED) is 0.701. The van der Waals surface area contributed by atoms with Gasteiger partial charge < -0.3 is 20.4 Å². The molecular formula is C12H12N2O5S. The third-order valence-corrected chi connectivity index (χ3v) is 3.62. The van der Waals surface area contributed by atoms with Gasteiger partial charge in [-0.15, -0.1) is 11.8 Å². The number of aromatic hydroxyl groups is 1. The minimum Gasteiger partial charge on any atom is -0.506 e. The average molecular weight is 296 g/mol. The highest BCUT2D eigenvalue weighted by molar-refractivity contribution is 8.00. The molecule has 1 fully saturated rings. The molecular weight excluding hydrogens is 284 g/mol. The molecule has 7 nitrogen and oxygen atoms in total. The Kier molecular flexibility index (Phi) is 4.14. The normalized spacial score (nSPS) is 14.4. The molecule has 1 aliphatic rings. The molecule has 0 bridgehead atoms. The largest absolute Gasteiger partial charge is 0.506 e. The fourth-order valence-electron chi connectivity index (χ4n) is 1.67. The van der Waals surface area contributed by atoms with Gasteiger partial charge in [-0.25, -0.2) is 4.79 Å². The van der Waals surface area contributed by atoms with Gasteiger partial charge in [-0.3, -0.25) is 9.59 Å². The molecule has 1 aromatic rings. The second-order valence-corrected chi connectivity index (χ2v) is 5.11. The lowest BCUT2D eigenvalue weighted by Gasteiger charge is -2.14. The van der Waals surface area contributed by atoms with Gasteiger partial charge in [-0.2, -0.15) is 0 Å². The van der Waals surface area contributed by atoms with Crippen molar-refractivity contribution in [2.24, 2.45) is 0 Å². The number of hydrogen-bond acceptors (Lipinski definition) is 5. The second-order valence-electron chi connectivity index (χ2n) is 4.15. The van der Waals surface area contributed by atoms with Crippen LogP contribution in [0.2, 0.25) is 0 Å². The van der Waals surface area contributed by atoms with Crippen molar-refractivity contribution in [3.63, 3.8) is 0 Å². The Bertz CT molecular complexity index is 575. The Labute approximate surface area is 118 Å². The number of thioether (sulfide) groups is 1. The highest BCUT2D eigenvalue weighted by atomic mass is 32.2. The van der Waals surface area contributed by atoms with Gasteiger partial charge in [0.1, 0.15) is 12.3 Å². The van der Waals surface area contributed by atoms with E-state index < -0.39 is 11.9 Å². The van der Waals surface area contributed by atoms with Gasteiger partial charge in [0.2, 0.25) is 11.8 Å². The van der Waals surface area contributed by atoms with Crippen LogP contribution >= 0.6 is 11.8 Å². The van der Waals surface area contributed by atoms with Crippen molar-refractivity contribution in [1.29, 1.82) is 0 Å². The molecule has 0 radical (unpaired) electrons. The number of rotatable bonds is 4. The topological polar surface area (TPSA) is 107 Å². The molecule has 1 saturated heterocycles. The molecule has 20 heavy (non-hydrogen) atoms. The number of carboxylic acid groups (broad SMARTS) is 1. The highest BCUT2D eigenvalue weighted by Gasteiger charge is 2.23. The van der Waals surface area contributed by atoms with E-state index in [9.17, 15) is 19.5 Å². The zero-order valence-corrected chi connectivity index (χ0v) is 11.1. The maximum absolute atomic E-state index is 11.8. The highest BCUT2D eigenvalue weighted by Crippen LogP contribution is 2.24. The number of carboxylic acids is 1. The summed E-state index contributed by atoms with van der Waals surface area (Å²) in [4.78, 5) is 35.4. The van der Waals surface area contributed by atoms with Crippen molar-refractivity contribution >= 4 is 35.2 Å². The van der Waals surface area contributed by atoms with Crippen LogP contribution in [0.5, 0.6) is 5.75 Å². The monoisotopic (exact) mass is 296 g/mol. The van der Waals surface area contributed by atoms with Gasteiger partial charge in [0.25, 0.3) is 0 Å². The molecule has 0 aromatic heterocycles. The molecule has 3 N–H and O–H groups in total. The molecule has 106 valence electrons. The zero-order chi connectivity index (χ0) is 14.7. The molecule has 2 rings (SSSR count). The number of amides is 2. The third-order valence-electron chi connectivity index (χ3n) is 2.68. The molecule has 1 heterocycles. The number of phenolic OH excluding ortho intramolecular Hbond substituents is 1. The molecule has 8 heteroatoms. The van der Waals surface area contributed by atoms with Crippen LogP contribution in [-0.2, 0) is 9.59 Å². The van der Waals surface area contributed by atoms with Crippen molar-refractivity contribution in [3.05, 3.63) is 23.8 Å². The SMILES string of the molecule is O=C(CN1CSCC1=O)Nc1cc(C(=O)O)ccc1O. The van der Waals surface area contributed by atoms with Crippen molar-refractivity contribution < 1.29 is 24.6 Å². The summed E-state index contributed by atoms with van der Waals surface area (Å²) in [6, 6.07) is 3.58. The first-order chi connectivity index (χ1) is 9.47. The summed E-state index contributed by atoms with van der Waals surface area (Å²) in [5.41, 5.74) is -0.0416. The Hall–Kier alpha value is -2.22. The maximum Gasteiger partial charge on any atom is 0.335 e. The summed E-state index contributed by atoms with van der Waals surface area (Å²) < 4.78 is 0. The van der Waals surface area contributed by atoms with Crippen LogP contribution in [0.15, 0.2) is 18.2 Å². The van der Waals surface area contributed by atoms with Crippen LogP contribution in [-0.4, -0.2) is 51.1 Å². The molecule has 0 spiro atoms. The van der Waals surface area contributed by atoms with Gasteiger partial charge in [-0.05, 0) is 18.2 Å². The van der Waals surface area contributed by atoms with Gasteiger partial charge in [0.15, 0.2) is 0 Å². The number of hydrogen-bond donors (Lipinski definition) is 3. The summed E-state index contributed by atoms with van der Waals surface area (Å²) in [6.07, 6.45) is 0. The summed E-state index contributed by atoms with van der Waals surface area (Å²) in [5, 5.41) is 20.8. The number of benzene rings is 1. The van der Waals surface area contributed by atoms with Gasteiger partial charge in [0.05, 0.1) is 22.9 Å². The van der Waals surface area contributed by atoms with E-state index in [1.54, 1.807) is 0 Å². The Morgan fingerprint density at radius 3 is 2.75 bits per heavy atom. The number of phenols is 1. The van der Waals surface area contributed by atoms with E-state index in [4.69, 9.17) is 5.11 Å². The smallest absolute Gasteiger partial charge is 0.335 e. The van der Waals surface area contributed by atoms with E-state index in [1.165, 1.54) is 28.8 Å². The number of nitrogens with zero attached hydrogens (tertiary/aromatic N) is 1. The summed E-state index contributed by atoms with van der Waals surface area (Å²) in [6.45, 7) is -0.122. The van der Waals surface area contributed by atoms with E-state index in [1.807, 2.05) is 0 Å². The summed E-state index contributed by atoms with van der Waals surface area (Å²) >= 11 is 1.42. The van der Waals surface area contributed by atoms with Crippen LogP contribution in [0.4, 0.5) is 5.69 Å². The number of carbonyl (C=O) groups excluding carboxylic acids is 2. The van der Waals surface area contributed by atoms with E-state index in [0.29, 0.717) is 11.6 Å². The predicted octanol–water partition coefficient (Wildman–Crippen LogP) is 0.562. The van der Waals surface area contributed by atoms with E-state index in [-0.39, 0.29) is 29.5 Å². The first-order valence-electron chi connectivity index (χ1n) is 5.69. The molecule has 0 unspecified atom stereocenters. The Morgan fingerprint density at radius 1 is 1.40 bits per heavy atom. The van der Waals surface area contributed by atoms with E-state index >= 15 is 0 Å². The van der Waals surface area contributed by atoms with E-state index in [0.717, 1.165) is 6.07 Å². The number of nitrogens with one attached hydrogen (secondary N) is 1. The summed E-state index contributed by atoms with van der Waals surface area (Å²) in [7, 11) is 0. The lowest BCUT2D eigenvalue weighted by atomic mass is 10.2. The van der Waals surface area contributed by atoms with Crippen molar-refractivity contribution in [1.82, 2.24) is 4.90 Å². The second kappa shape index (κ2) is 5.83. The van der Waals surface area contributed by atoms with Crippen molar-refractivity contribution in [3.8, 4) is 5.75 Å². The molecule has 2 amide bonds. The average Bonchev–Trinajstić information content (AvgIpc) is 2.77. The van der Waals surface area contributed by atoms with E-state index in [2.05, 4.69) is 5.32 Å². The fourth-order valence-corrected chi connectivity index (χ4v) is 2.58. The van der Waals surface area contributed by atoms with Crippen molar-refractivity contribution in [2.75, 3.05) is 23.5 Å². The molecule has 1 aromatic carbocycles. The first kappa shape index (κ1) is 14.2. The number of aromatic carboxylic acids is 1.